The molecule has 0 atom stereocenters. The highest BCUT2D eigenvalue weighted by Gasteiger charge is 2.19. The summed E-state index contributed by atoms with van der Waals surface area (Å²) in [7, 11) is 1.59. The molecule has 1 aliphatic rings. The predicted molar refractivity (Wildman–Crippen MR) is 159 cm³/mol. The van der Waals surface area contributed by atoms with Crippen molar-refractivity contribution in [3.8, 4) is 5.75 Å². The van der Waals surface area contributed by atoms with Gasteiger partial charge in [-0.1, -0.05) is 12.1 Å². The maximum atomic E-state index is 13.3. The summed E-state index contributed by atoms with van der Waals surface area (Å²) >= 11 is 1.26. The van der Waals surface area contributed by atoms with Crippen LogP contribution in [0.25, 0.3) is 0 Å². The fourth-order valence-electron chi connectivity index (χ4n) is 4.35. The Kier molecular flexibility index (Phi) is 10.2. The van der Waals surface area contributed by atoms with Gasteiger partial charge < -0.3 is 20.1 Å². The lowest BCUT2D eigenvalue weighted by atomic mass is 10.1. The molecule has 1 fully saturated rings. The smallest absolute Gasteiger partial charge is 0.313 e. The van der Waals surface area contributed by atoms with Crippen LogP contribution in [0.15, 0.2) is 71.8 Å². The maximum absolute atomic E-state index is 13.3. The zero-order chi connectivity index (χ0) is 28.3. The van der Waals surface area contributed by atoms with Crippen molar-refractivity contribution in [1.82, 2.24) is 5.43 Å². The molecule has 3 aromatic carbocycles. The van der Waals surface area contributed by atoms with Gasteiger partial charge in [-0.15, -0.1) is 11.8 Å². The SMILES string of the molecule is COc1ccc(C=NNC(=O)c2cc(N3CCCCC3)ccc2NC(=O)c2cccc(CSCC(=O)O)c2)cc1. The van der Waals surface area contributed by atoms with Crippen LogP contribution in [0.4, 0.5) is 11.4 Å². The second kappa shape index (κ2) is 14.2. The summed E-state index contributed by atoms with van der Waals surface area (Å²) in [6.07, 6.45) is 4.91. The summed E-state index contributed by atoms with van der Waals surface area (Å²) in [5.41, 5.74) is 6.21. The predicted octanol–water partition coefficient (Wildman–Crippen LogP) is 5.02. The molecule has 10 heteroatoms. The molecule has 4 rings (SSSR count). The van der Waals surface area contributed by atoms with Crippen LogP contribution in [0.3, 0.4) is 0 Å². The van der Waals surface area contributed by atoms with Crippen molar-refractivity contribution < 1.29 is 24.2 Å². The number of carbonyl (C=O) groups excluding carboxylic acids is 2. The van der Waals surface area contributed by atoms with E-state index in [4.69, 9.17) is 9.84 Å². The second-order valence-electron chi connectivity index (χ2n) is 9.29. The number of rotatable bonds is 11. The molecule has 0 aliphatic carbocycles. The fourth-order valence-corrected chi connectivity index (χ4v) is 5.04. The number of piperidine rings is 1. The number of nitrogens with zero attached hydrogens (tertiary/aromatic N) is 2. The number of hydrogen-bond acceptors (Lipinski definition) is 7. The van der Waals surface area contributed by atoms with Crippen molar-refractivity contribution in [2.24, 2.45) is 5.10 Å². The van der Waals surface area contributed by atoms with Gasteiger partial charge in [0.25, 0.3) is 11.8 Å². The highest BCUT2D eigenvalue weighted by atomic mass is 32.2. The average molecular weight is 561 g/mol. The molecule has 0 aromatic heterocycles. The third-order valence-electron chi connectivity index (χ3n) is 6.40. The number of aliphatic carboxylic acids is 1. The van der Waals surface area contributed by atoms with Crippen molar-refractivity contribution in [2.75, 3.05) is 36.2 Å². The summed E-state index contributed by atoms with van der Waals surface area (Å²) < 4.78 is 5.16. The first kappa shape index (κ1) is 28.7. The van der Waals surface area contributed by atoms with E-state index in [1.807, 2.05) is 24.3 Å². The number of carbonyl (C=O) groups is 3. The number of hydrogen-bond donors (Lipinski definition) is 3. The van der Waals surface area contributed by atoms with Gasteiger partial charge in [0, 0.05) is 30.1 Å². The Balaban J connectivity index is 1.52. The van der Waals surface area contributed by atoms with E-state index in [1.54, 1.807) is 49.6 Å². The first-order valence-corrected chi connectivity index (χ1v) is 14.1. The van der Waals surface area contributed by atoms with Crippen molar-refractivity contribution >= 4 is 47.1 Å². The second-order valence-corrected chi connectivity index (χ2v) is 10.3. The Bertz CT molecular complexity index is 1370. The van der Waals surface area contributed by atoms with Crippen LogP contribution in [0.2, 0.25) is 0 Å². The quantitative estimate of drug-likeness (QED) is 0.222. The van der Waals surface area contributed by atoms with Gasteiger partial charge >= 0.3 is 5.97 Å². The van der Waals surface area contributed by atoms with E-state index in [9.17, 15) is 14.4 Å². The molecule has 0 spiro atoms. The van der Waals surface area contributed by atoms with Gasteiger partial charge in [-0.25, -0.2) is 5.43 Å². The number of anilines is 2. The minimum absolute atomic E-state index is 0.0147. The fraction of sp³-hybridized carbons (Fsp3) is 0.267. The van der Waals surface area contributed by atoms with E-state index in [0.717, 1.165) is 48.5 Å². The Hall–Kier alpha value is -4.31. The molecule has 3 N–H and O–H groups in total. The van der Waals surface area contributed by atoms with Gasteiger partial charge in [-0.05, 0) is 85.0 Å². The molecule has 9 nitrogen and oxygen atoms in total. The maximum Gasteiger partial charge on any atom is 0.313 e. The molecule has 2 amide bonds. The molecule has 0 bridgehead atoms. The van der Waals surface area contributed by atoms with Gasteiger partial charge in [0.2, 0.25) is 0 Å². The molecule has 0 saturated carbocycles. The summed E-state index contributed by atoms with van der Waals surface area (Å²) in [6.45, 7) is 1.82. The number of ether oxygens (including phenoxy) is 1. The van der Waals surface area contributed by atoms with Crippen molar-refractivity contribution in [1.29, 1.82) is 0 Å². The normalized spacial score (nSPS) is 13.2. The average Bonchev–Trinajstić information content (AvgIpc) is 2.98. The third kappa shape index (κ3) is 8.09. The summed E-state index contributed by atoms with van der Waals surface area (Å²) in [4.78, 5) is 39.5. The lowest BCUT2D eigenvalue weighted by Gasteiger charge is -2.29. The summed E-state index contributed by atoms with van der Waals surface area (Å²) in [6, 6.07) is 19.7. The zero-order valence-electron chi connectivity index (χ0n) is 22.3. The van der Waals surface area contributed by atoms with Crippen LogP contribution in [-0.2, 0) is 10.5 Å². The number of nitrogens with one attached hydrogen (secondary N) is 2. The molecule has 1 heterocycles. The molecule has 0 radical (unpaired) electrons. The molecule has 1 saturated heterocycles. The first-order chi connectivity index (χ1) is 19.4. The molecule has 40 heavy (non-hydrogen) atoms. The first-order valence-electron chi connectivity index (χ1n) is 13.0. The molecular formula is C30H32N4O5S. The van der Waals surface area contributed by atoms with Crippen LogP contribution in [0.1, 0.15) is 51.1 Å². The van der Waals surface area contributed by atoms with Gasteiger partial charge in [0.15, 0.2) is 0 Å². The highest BCUT2D eigenvalue weighted by Crippen LogP contribution is 2.27. The third-order valence-corrected chi connectivity index (χ3v) is 7.38. The number of methoxy groups -OCH3 is 1. The Morgan fingerprint density at radius 3 is 2.50 bits per heavy atom. The Morgan fingerprint density at radius 2 is 1.77 bits per heavy atom. The minimum Gasteiger partial charge on any atom is -0.497 e. The van der Waals surface area contributed by atoms with Gasteiger partial charge in [-0.3, -0.25) is 14.4 Å². The van der Waals surface area contributed by atoms with Crippen molar-refractivity contribution in [2.45, 2.75) is 25.0 Å². The zero-order valence-corrected chi connectivity index (χ0v) is 23.1. The molecule has 0 unspecified atom stereocenters. The van der Waals surface area contributed by atoms with Gasteiger partial charge in [0.1, 0.15) is 5.75 Å². The topological polar surface area (TPSA) is 120 Å². The van der Waals surface area contributed by atoms with E-state index in [0.29, 0.717) is 22.6 Å². The van der Waals surface area contributed by atoms with E-state index in [2.05, 4.69) is 20.7 Å². The van der Waals surface area contributed by atoms with Crippen molar-refractivity contribution in [3.05, 3.63) is 89.0 Å². The minimum atomic E-state index is -0.883. The number of carboxylic acid groups (broad SMARTS) is 1. The number of carboxylic acids is 1. The Labute approximate surface area is 237 Å². The van der Waals surface area contributed by atoms with Crippen LogP contribution in [0.5, 0.6) is 5.75 Å². The van der Waals surface area contributed by atoms with Crippen LogP contribution >= 0.6 is 11.8 Å². The van der Waals surface area contributed by atoms with Crippen molar-refractivity contribution in [3.63, 3.8) is 0 Å². The van der Waals surface area contributed by atoms with Gasteiger partial charge in [-0.2, -0.15) is 5.10 Å². The summed E-state index contributed by atoms with van der Waals surface area (Å²) in [5, 5.41) is 15.9. The van der Waals surface area contributed by atoms with E-state index in [1.165, 1.54) is 24.4 Å². The molecule has 3 aromatic rings. The Morgan fingerprint density at radius 1 is 1.00 bits per heavy atom. The molecule has 1 aliphatic heterocycles. The van der Waals surface area contributed by atoms with Crippen LogP contribution in [-0.4, -0.2) is 55.1 Å². The van der Waals surface area contributed by atoms with Crippen LogP contribution in [0, 0.1) is 0 Å². The number of amides is 2. The number of benzene rings is 3. The molecule has 208 valence electrons. The van der Waals surface area contributed by atoms with Crippen LogP contribution < -0.4 is 20.4 Å². The number of hydrazone groups is 1. The monoisotopic (exact) mass is 560 g/mol. The van der Waals surface area contributed by atoms with Gasteiger partial charge in [0.05, 0.1) is 30.3 Å². The standard InChI is InChI=1S/C30H32N4O5S/c1-39-25-11-8-21(9-12-25)18-31-33-30(38)26-17-24(34-14-3-2-4-15-34)10-13-27(26)32-29(37)23-7-5-6-22(16-23)19-40-20-28(35)36/h5-13,16-18H,2-4,14-15,19-20H2,1H3,(H,32,37)(H,33,38)(H,35,36). The van der Waals surface area contributed by atoms with E-state index >= 15 is 0 Å². The lowest BCUT2D eigenvalue weighted by molar-refractivity contribution is -0.133. The van der Waals surface area contributed by atoms with E-state index < -0.39 is 11.9 Å². The lowest BCUT2D eigenvalue weighted by Crippen LogP contribution is -2.30. The molecular weight excluding hydrogens is 528 g/mol. The van der Waals surface area contributed by atoms with E-state index in [-0.39, 0.29) is 11.7 Å². The summed E-state index contributed by atoms with van der Waals surface area (Å²) in [5.74, 6) is -0.521. The largest absolute Gasteiger partial charge is 0.497 e. The number of thioether (sulfide) groups is 1. The highest BCUT2D eigenvalue weighted by molar-refractivity contribution is 7.99.